The number of hydrogen-bond donors (Lipinski definition) is 1. The molecule has 1 saturated heterocycles. The molecule has 1 aliphatic rings. The number of hydrogen-bond acceptors (Lipinski definition) is 5. The zero-order valence-corrected chi connectivity index (χ0v) is 13.1. The van der Waals surface area contributed by atoms with Crippen molar-refractivity contribution >= 4 is 17.2 Å². The molecule has 0 radical (unpaired) electrons. The highest BCUT2D eigenvalue weighted by Gasteiger charge is 2.18. The Kier molecular flexibility index (Phi) is 5.13. The zero-order chi connectivity index (χ0) is 15.2. The first-order chi connectivity index (χ1) is 10.8. The molecule has 0 unspecified atom stereocenters. The van der Waals surface area contributed by atoms with Crippen LogP contribution in [0.3, 0.4) is 0 Å². The number of carbonyl (C=O) groups excluding carboxylic acids is 1. The summed E-state index contributed by atoms with van der Waals surface area (Å²) in [5, 5.41) is 4.89. The lowest BCUT2D eigenvalue weighted by molar-refractivity contribution is -0.120. The Labute approximate surface area is 133 Å². The van der Waals surface area contributed by atoms with Crippen molar-refractivity contribution in [3.8, 4) is 0 Å². The van der Waals surface area contributed by atoms with E-state index in [0.717, 1.165) is 35.8 Å². The van der Waals surface area contributed by atoms with Crippen LogP contribution in [-0.4, -0.2) is 29.1 Å². The average Bonchev–Trinajstić information content (AvgIpc) is 3.07. The monoisotopic (exact) mass is 317 g/mol. The van der Waals surface area contributed by atoms with E-state index in [4.69, 9.17) is 4.74 Å². The van der Waals surface area contributed by atoms with Crippen molar-refractivity contribution in [2.75, 3.05) is 13.2 Å². The molecule has 0 bridgehead atoms. The molecule has 116 valence electrons. The molecule has 3 heterocycles. The number of nitrogens with zero attached hydrogens (tertiary/aromatic N) is 2. The molecule has 1 atom stereocenters. The van der Waals surface area contributed by atoms with Crippen LogP contribution in [-0.2, 0) is 22.5 Å². The highest BCUT2D eigenvalue weighted by Crippen LogP contribution is 2.22. The number of rotatable bonds is 5. The molecule has 3 rings (SSSR count). The van der Waals surface area contributed by atoms with Crippen molar-refractivity contribution in [1.82, 2.24) is 15.3 Å². The number of carbonyl (C=O) groups is 1. The molecule has 2 aromatic heterocycles. The zero-order valence-electron chi connectivity index (χ0n) is 12.3. The second-order valence-corrected chi connectivity index (χ2v) is 6.39. The topological polar surface area (TPSA) is 64.1 Å². The largest absolute Gasteiger partial charge is 0.381 e. The minimum Gasteiger partial charge on any atom is -0.381 e. The van der Waals surface area contributed by atoms with E-state index >= 15 is 0 Å². The van der Waals surface area contributed by atoms with Crippen molar-refractivity contribution in [3.63, 3.8) is 0 Å². The van der Waals surface area contributed by atoms with Crippen LogP contribution in [0.4, 0.5) is 0 Å². The number of ether oxygens (including phenoxy) is 1. The Hall–Kier alpha value is -1.79. The van der Waals surface area contributed by atoms with E-state index in [-0.39, 0.29) is 11.8 Å². The molecule has 0 spiro atoms. The first-order valence-corrected chi connectivity index (χ1v) is 8.38. The summed E-state index contributed by atoms with van der Waals surface area (Å²) in [6, 6.07) is 5.77. The third kappa shape index (κ3) is 4.11. The first kappa shape index (κ1) is 15.1. The third-order valence-electron chi connectivity index (χ3n) is 3.64. The fraction of sp³-hybridized carbons (Fsp3) is 0.438. The third-order valence-corrected chi connectivity index (χ3v) is 4.52. The van der Waals surface area contributed by atoms with Crippen LogP contribution in [0.25, 0.3) is 0 Å². The van der Waals surface area contributed by atoms with Gasteiger partial charge >= 0.3 is 0 Å². The number of amides is 1. The van der Waals surface area contributed by atoms with Gasteiger partial charge in [-0.1, -0.05) is 6.07 Å². The van der Waals surface area contributed by atoms with Crippen molar-refractivity contribution in [2.45, 2.75) is 31.7 Å². The summed E-state index contributed by atoms with van der Waals surface area (Å²) in [5.74, 6) is 1.11. The van der Waals surface area contributed by atoms with Gasteiger partial charge in [-0.2, -0.15) is 0 Å². The van der Waals surface area contributed by atoms with E-state index in [0.29, 0.717) is 19.6 Å². The van der Waals surface area contributed by atoms with Gasteiger partial charge in [0.2, 0.25) is 5.91 Å². The van der Waals surface area contributed by atoms with E-state index in [2.05, 4.69) is 15.3 Å². The molecule has 1 fully saturated rings. The fourth-order valence-electron chi connectivity index (χ4n) is 2.48. The van der Waals surface area contributed by atoms with E-state index in [1.807, 2.05) is 23.6 Å². The average molecular weight is 317 g/mol. The van der Waals surface area contributed by atoms with E-state index in [9.17, 15) is 4.79 Å². The maximum atomic E-state index is 11.9. The van der Waals surface area contributed by atoms with Gasteiger partial charge in [0.25, 0.3) is 0 Å². The molecular formula is C16H19N3O2S. The quantitative estimate of drug-likeness (QED) is 0.919. The van der Waals surface area contributed by atoms with Gasteiger partial charge < -0.3 is 10.1 Å². The molecule has 1 aliphatic heterocycles. The lowest BCUT2D eigenvalue weighted by Crippen LogP contribution is -2.25. The Bertz CT molecular complexity index is 610. The van der Waals surface area contributed by atoms with Gasteiger partial charge in [-0.3, -0.25) is 4.79 Å². The standard InChI is InChI=1S/C16H19N3O2S/c20-15(9-14-4-2-8-22-14)18-10-13-5-6-17-16(19-13)12-3-1-7-21-11-12/h2,4-6,8,12H,1,3,7,9-11H2,(H,18,20)/t12-/m1/s1. The van der Waals surface area contributed by atoms with Gasteiger partial charge in [-0.15, -0.1) is 11.3 Å². The maximum absolute atomic E-state index is 11.9. The minimum atomic E-state index is 0.0172. The van der Waals surface area contributed by atoms with Gasteiger partial charge in [0.15, 0.2) is 0 Å². The summed E-state index contributed by atoms with van der Waals surface area (Å²) in [7, 11) is 0. The molecule has 6 heteroatoms. The SMILES string of the molecule is O=C(Cc1cccs1)NCc1ccnc([C@@H]2CCCOC2)n1. The summed E-state index contributed by atoms with van der Waals surface area (Å²) in [4.78, 5) is 21.9. The second-order valence-electron chi connectivity index (χ2n) is 5.35. The van der Waals surface area contributed by atoms with Gasteiger partial charge in [-0.25, -0.2) is 9.97 Å². The molecular weight excluding hydrogens is 298 g/mol. The predicted octanol–water partition coefficient (Wildman–Crippen LogP) is 2.29. The summed E-state index contributed by atoms with van der Waals surface area (Å²) in [6.45, 7) is 1.95. The van der Waals surface area contributed by atoms with Crippen LogP contribution in [0.1, 0.15) is 35.2 Å². The summed E-state index contributed by atoms with van der Waals surface area (Å²) < 4.78 is 5.48. The Morgan fingerprint density at radius 2 is 2.41 bits per heavy atom. The van der Waals surface area contributed by atoms with E-state index in [1.54, 1.807) is 17.5 Å². The lowest BCUT2D eigenvalue weighted by atomic mass is 10.0. The Morgan fingerprint density at radius 1 is 1.45 bits per heavy atom. The summed E-state index contributed by atoms with van der Waals surface area (Å²) >= 11 is 1.59. The van der Waals surface area contributed by atoms with Gasteiger partial charge in [-0.05, 0) is 30.4 Å². The molecule has 0 saturated carbocycles. The van der Waals surface area contributed by atoms with Gasteiger partial charge in [0.1, 0.15) is 5.82 Å². The molecule has 22 heavy (non-hydrogen) atoms. The van der Waals surface area contributed by atoms with E-state index in [1.165, 1.54) is 0 Å². The van der Waals surface area contributed by atoms with Gasteiger partial charge in [0.05, 0.1) is 25.3 Å². The van der Waals surface area contributed by atoms with Crippen LogP contribution in [0, 0.1) is 0 Å². The summed E-state index contributed by atoms with van der Waals surface area (Å²) in [6.07, 6.45) is 4.30. The molecule has 1 amide bonds. The number of thiophene rings is 1. The van der Waals surface area contributed by atoms with Crippen molar-refractivity contribution in [2.24, 2.45) is 0 Å². The van der Waals surface area contributed by atoms with Crippen LogP contribution in [0.15, 0.2) is 29.8 Å². The predicted molar refractivity (Wildman–Crippen MR) is 84.7 cm³/mol. The first-order valence-electron chi connectivity index (χ1n) is 7.50. The van der Waals surface area contributed by atoms with Crippen molar-refractivity contribution in [3.05, 3.63) is 46.2 Å². The molecule has 2 aromatic rings. The van der Waals surface area contributed by atoms with Gasteiger partial charge in [0, 0.05) is 23.6 Å². The molecule has 0 aromatic carbocycles. The fourth-order valence-corrected chi connectivity index (χ4v) is 3.18. The van der Waals surface area contributed by atoms with E-state index < -0.39 is 0 Å². The smallest absolute Gasteiger partial charge is 0.225 e. The summed E-state index contributed by atoms with van der Waals surface area (Å²) in [5.41, 5.74) is 0.843. The maximum Gasteiger partial charge on any atom is 0.225 e. The van der Waals surface area contributed by atoms with Crippen LogP contribution in [0.5, 0.6) is 0 Å². The van der Waals surface area contributed by atoms with Crippen LogP contribution in [0.2, 0.25) is 0 Å². The molecule has 1 N–H and O–H groups in total. The molecule has 0 aliphatic carbocycles. The minimum absolute atomic E-state index is 0.0172. The Balaban J connectivity index is 1.54. The molecule has 5 nitrogen and oxygen atoms in total. The van der Waals surface area contributed by atoms with Crippen LogP contribution >= 0.6 is 11.3 Å². The number of aromatic nitrogens is 2. The second kappa shape index (κ2) is 7.47. The van der Waals surface area contributed by atoms with Crippen LogP contribution < -0.4 is 5.32 Å². The normalized spacial score (nSPS) is 18.1. The lowest BCUT2D eigenvalue weighted by Gasteiger charge is -2.20. The van der Waals surface area contributed by atoms with Crippen molar-refractivity contribution < 1.29 is 9.53 Å². The number of nitrogens with one attached hydrogen (secondary N) is 1. The highest BCUT2D eigenvalue weighted by molar-refractivity contribution is 7.10. The highest BCUT2D eigenvalue weighted by atomic mass is 32.1. The van der Waals surface area contributed by atoms with Crippen molar-refractivity contribution in [1.29, 1.82) is 0 Å². The Morgan fingerprint density at radius 3 is 3.18 bits per heavy atom.